The molecule has 0 saturated carbocycles. The Morgan fingerprint density at radius 1 is 1.65 bits per heavy atom. The van der Waals surface area contributed by atoms with Crippen LogP contribution in [0.1, 0.15) is 26.2 Å². The van der Waals surface area contributed by atoms with E-state index in [9.17, 15) is 18.4 Å². The molecule has 1 unspecified atom stereocenters. The van der Waals surface area contributed by atoms with Crippen LogP contribution in [0.4, 0.5) is 8.78 Å². The minimum absolute atomic E-state index is 0.137. The molecule has 6 heteroatoms. The molecule has 17 heavy (non-hydrogen) atoms. The molecule has 0 spiro atoms. The summed E-state index contributed by atoms with van der Waals surface area (Å²) in [5.74, 6) is -1.18. The number of rotatable bonds is 4. The zero-order chi connectivity index (χ0) is 13.0. The average molecular weight is 246 g/mol. The molecule has 1 aliphatic heterocycles. The third-order valence-corrected chi connectivity index (χ3v) is 2.93. The van der Waals surface area contributed by atoms with Gasteiger partial charge in [0.15, 0.2) is 0 Å². The van der Waals surface area contributed by atoms with E-state index in [1.165, 1.54) is 4.90 Å². The third kappa shape index (κ3) is 3.51. The van der Waals surface area contributed by atoms with Crippen molar-refractivity contribution >= 4 is 11.8 Å². The highest BCUT2D eigenvalue weighted by Gasteiger charge is 2.32. The van der Waals surface area contributed by atoms with Gasteiger partial charge in [-0.1, -0.05) is 6.92 Å². The number of nitrogens with two attached hydrogens (primary N) is 1. The molecule has 2 atom stereocenters. The lowest BCUT2D eigenvalue weighted by molar-refractivity contribution is -0.142. The van der Waals surface area contributed by atoms with Gasteiger partial charge in [-0.05, 0) is 18.9 Å². The molecule has 2 N–H and O–H groups in total. The number of nitrogens with zero attached hydrogens (tertiary/aromatic N) is 1. The number of carbonyl (C=O) groups is 2. The highest BCUT2D eigenvalue weighted by atomic mass is 19.3. The van der Waals surface area contributed by atoms with Crippen LogP contribution in [0.5, 0.6) is 0 Å². The van der Waals surface area contributed by atoms with Crippen LogP contribution in [0.15, 0.2) is 12.2 Å². The van der Waals surface area contributed by atoms with Gasteiger partial charge in [0.2, 0.25) is 11.8 Å². The molecule has 1 heterocycles. The molecule has 0 radical (unpaired) electrons. The Bertz CT molecular complexity index is 340. The highest BCUT2D eigenvalue weighted by molar-refractivity contribution is 5.87. The van der Waals surface area contributed by atoms with Gasteiger partial charge in [0.25, 0.3) is 6.08 Å². The number of halogens is 2. The maximum absolute atomic E-state index is 12.2. The molecule has 96 valence electrons. The van der Waals surface area contributed by atoms with Crippen molar-refractivity contribution in [2.75, 3.05) is 6.54 Å². The summed E-state index contributed by atoms with van der Waals surface area (Å²) in [7, 11) is 0. The van der Waals surface area contributed by atoms with Gasteiger partial charge in [-0.15, -0.1) is 0 Å². The number of hydrogen-bond acceptors (Lipinski definition) is 2. The van der Waals surface area contributed by atoms with Crippen molar-refractivity contribution in [2.24, 2.45) is 11.7 Å². The molecule has 2 amide bonds. The van der Waals surface area contributed by atoms with E-state index >= 15 is 0 Å². The summed E-state index contributed by atoms with van der Waals surface area (Å²) in [4.78, 5) is 24.1. The molecule has 0 bridgehead atoms. The van der Waals surface area contributed by atoms with Gasteiger partial charge in [-0.25, -0.2) is 0 Å². The zero-order valence-corrected chi connectivity index (χ0v) is 9.66. The Labute approximate surface area is 98.4 Å². The first-order chi connectivity index (χ1) is 7.95. The first-order valence-corrected chi connectivity index (χ1v) is 5.57. The van der Waals surface area contributed by atoms with Crippen molar-refractivity contribution < 1.29 is 18.4 Å². The molecule has 1 rings (SSSR count). The average Bonchev–Trinajstić information content (AvgIpc) is 2.22. The van der Waals surface area contributed by atoms with Crippen LogP contribution in [0.2, 0.25) is 0 Å². The summed E-state index contributed by atoms with van der Waals surface area (Å²) in [6.07, 6.45) is 0.0551. The Morgan fingerprint density at radius 2 is 2.29 bits per heavy atom. The lowest BCUT2D eigenvalue weighted by Crippen LogP contribution is -2.51. The second-order valence-corrected chi connectivity index (χ2v) is 4.13. The van der Waals surface area contributed by atoms with Crippen molar-refractivity contribution in [2.45, 2.75) is 32.2 Å². The number of piperidine rings is 1. The zero-order valence-electron chi connectivity index (χ0n) is 9.66. The fourth-order valence-corrected chi connectivity index (χ4v) is 2.09. The van der Waals surface area contributed by atoms with Crippen LogP contribution in [0.3, 0.4) is 0 Å². The summed E-state index contributed by atoms with van der Waals surface area (Å²) in [6, 6.07) is -0.693. The van der Waals surface area contributed by atoms with Gasteiger partial charge in [0, 0.05) is 18.9 Å². The summed E-state index contributed by atoms with van der Waals surface area (Å²) >= 11 is 0. The molecule has 1 aliphatic rings. The molecular formula is C11H16F2N2O2. The van der Waals surface area contributed by atoms with Gasteiger partial charge in [0.05, 0.1) is 0 Å². The minimum Gasteiger partial charge on any atom is -0.368 e. The van der Waals surface area contributed by atoms with Gasteiger partial charge < -0.3 is 10.6 Å². The Hall–Kier alpha value is -1.46. The topological polar surface area (TPSA) is 63.4 Å². The second kappa shape index (κ2) is 5.75. The van der Waals surface area contributed by atoms with Crippen LogP contribution in [0.25, 0.3) is 0 Å². The monoisotopic (exact) mass is 246 g/mol. The van der Waals surface area contributed by atoms with Crippen molar-refractivity contribution in [3.63, 3.8) is 0 Å². The predicted molar refractivity (Wildman–Crippen MR) is 58.0 cm³/mol. The van der Waals surface area contributed by atoms with E-state index in [2.05, 4.69) is 0 Å². The standard InChI is InChI=1S/C11H16F2N2O2/c1-2-8(11(14)17)15-6-7(5-9(12)13)3-4-10(15)16/h5,7-8H,2-4,6H2,1H3,(H2,14,17)/t7-,8?/m0/s1. The lowest BCUT2D eigenvalue weighted by atomic mass is 9.95. The molecule has 0 aromatic carbocycles. The van der Waals surface area contributed by atoms with Crippen molar-refractivity contribution in [1.82, 2.24) is 4.90 Å². The predicted octanol–water partition coefficient (Wildman–Crippen LogP) is 1.27. The van der Waals surface area contributed by atoms with E-state index in [1.807, 2.05) is 0 Å². The van der Waals surface area contributed by atoms with Crippen molar-refractivity contribution in [3.8, 4) is 0 Å². The van der Waals surface area contributed by atoms with E-state index in [4.69, 9.17) is 5.73 Å². The lowest BCUT2D eigenvalue weighted by Gasteiger charge is -2.35. The van der Waals surface area contributed by atoms with Gasteiger partial charge in [-0.2, -0.15) is 8.78 Å². The molecule has 0 aliphatic carbocycles. The quantitative estimate of drug-likeness (QED) is 0.811. The van der Waals surface area contributed by atoms with Gasteiger partial charge in [-0.3, -0.25) is 9.59 Å². The van der Waals surface area contributed by atoms with Crippen LogP contribution in [-0.2, 0) is 9.59 Å². The first kappa shape index (κ1) is 13.6. The second-order valence-electron chi connectivity index (χ2n) is 4.13. The molecule has 0 aromatic rings. The molecule has 1 fully saturated rings. The summed E-state index contributed by atoms with van der Waals surface area (Å²) in [6.45, 7) is 1.87. The normalized spacial score (nSPS) is 22.2. The first-order valence-electron chi connectivity index (χ1n) is 5.57. The smallest absolute Gasteiger partial charge is 0.266 e. The van der Waals surface area contributed by atoms with Crippen molar-refractivity contribution in [3.05, 3.63) is 12.2 Å². The van der Waals surface area contributed by atoms with E-state index in [0.29, 0.717) is 12.8 Å². The number of likely N-dealkylation sites (tertiary alicyclic amines) is 1. The molecule has 0 aromatic heterocycles. The maximum atomic E-state index is 12.2. The van der Waals surface area contributed by atoms with Crippen LogP contribution in [-0.4, -0.2) is 29.3 Å². The van der Waals surface area contributed by atoms with Crippen LogP contribution in [0, 0.1) is 5.92 Å². The molecular weight excluding hydrogens is 230 g/mol. The Balaban J connectivity index is 2.79. The van der Waals surface area contributed by atoms with E-state index in [1.54, 1.807) is 6.92 Å². The number of primary amides is 1. The van der Waals surface area contributed by atoms with Crippen molar-refractivity contribution in [1.29, 1.82) is 0 Å². The van der Waals surface area contributed by atoms with Crippen LogP contribution >= 0.6 is 0 Å². The van der Waals surface area contributed by atoms with Gasteiger partial charge >= 0.3 is 0 Å². The highest BCUT2D eigenvalue weighted by Crippen LogP contribution is 2.23. The minimum atomic E-state index is -1.75. The summed E-state index contributed by atoms with van der Waals surface area (Å²) in [5, 5.41) is 0. The molecule has 1 saturated heterocycles. The SMILES string of the molecule is CCC(C(N)=O)N1C[C@H](C=C(F)F)CCC1=O. The van der Waals surface area contributed by atoms with E-state index in [0.717, 1.165) is 6.08 Å². The Kier molecular flexibility index (Phi) is 4.60. The summed E-state index contributed by atoms with van der Waals surface area (Å²) in [5.41, 5.74) is 5.19. The fraction of sp³-hybridized carbons (Fsp3) is 0.636. The fourth-order valence-electron chi connectivity index (χ4n) is 2.09. The maximum Gasteiger partial charge on any atom is 0.266 e. The number of carbonyl (C=O) groups excluding carboxylic acids is 2. The van der Waals surface area contributed by atoms with E-state index < -0.39 is 23.9 Å². The number of hydrogen-bond donors (Lipinski definition) is 1. The summed E-state index contributed by atoms with van der Waals surface area (Å²) < 4.78 is 24.3. The molecule has 4 nitrogen and oxygen atoms in total. The van der Waals surface area contributed by atoms with Crippen LogP contribution < -0.4 is 5.73 Å². The number of amides is 2. The van der Waals surface area contributed by atoms with Gasteiger partial charge in [0.1, 0.15) is 6.04 Å². The van der Waals surface area contributed by atoms with E-state index in [-0.39, 0.29) is 18.9 Å². The third-order valence-electron chi connectivity index (χ3n) is 2.93. The Morgan fingerprint density at radius 3 is 2.76 bits per heavy atom. The largest absolute Gasteiger partial charge is 0.368 e.